The lowest BCUT2D eigenvalue weighted by Crippen LogP contribution is -2.37. The molecular weight excluding hydrogens is 196 g/mol. The monoisotopic (exact) mass is 218 g/mol. The van der Waals surface area contributed by atoms with Crippen LogP contribution in [0.1, 0.15) is 24.0 Å². The molecule has 1 aromatic carbocycles. The third-order valence-electron chi connectivity index (χ3n) is 3.46. The van der Waals surface area contributed by atoms with Crippen molar-refractivity contribution in [2.75, 3.05) is 19.6 Å². The molecule has 0 amide bonds. The van der Waals surface area contributed by atoms with E-state index in [4.69, 9.17) is 5.73 Å². The minimum atomic E-state index is 0.708. The fraction of sp³-hybridized carbons (Fsp3) is 0.571. The third-order valence-corrected chi connectivity index (χ3v) is 3.46. The molecule has 0 radical (unpaired) electrons. The Morgan fingerprint density at radius 1 is 1.31 bits per heavy atom. The zero-order valence-electron chi connectivity index (χ0n) is 10.2. The molecule has 0 spiro atoms. The lowest BCUT2D eigenvalue weighted by atomic mass is 9.98. The maximum atomic E-state index is 5.75. The zero-order chi connectivity index (χ0) is 11.4. The minimum Gasteiger partial charge on any atom is -0.330 e. The quantitative estimate of drug-likeness (QED) is 0.842. The van der Waals surface area contributed by atoms with E-state index < -0.39 is 0 Å². The summed E-state index contributed by atoms with van der Waals surface area (Å²) in [6.45, 7) is 6.45. The van der Waals surface area contributed by atoms with Crippen molar-refractivity contribution in [1.29, 1.82) is 0 Å². The topological polar surface area (TPSA) is 29.3 Å². The summed E-state index contributed by atoms with van der Waals surface area (Å²) in [6.07, 6.45) is 2.61. The highest BCUT2D eigenvalue weighted by molar-refractivity contribution is 5.21. The third kappa shape index (κ3) is 3.06. The van der Waals surface area contributed by atoms with Gasteiger partial charge in [-0.05, 0) is 44.3 Å². The number of hydrogen-bond acceptors (Lipinski definition) is 2. The Balaban J connectivity index is 1.91. The molecule has 1 heterocycles. The van der Waals surface area contributed by atoms with Crippen molar-refractivity contribution in [2.24, 2.45) is 11.7 Å². The highest BCUT2D eigenvalue weighted by atomic mass is 15.1. The lowest BCUT2D eigenvalue weighted by Gasteiger charge is -2.32. The zero-order valence-corrected chi connectivity index (χ0v) is 10.2. The molecule has 0 aromatic heterocycles. The van der Waals surface area contributed by atoms with Crippen molar-refractivity contribution in [3.8, 4) is 0 Å². The van der Waals surface area contributed by atoms with Crippen LogP contribution in [0.25, 0.3) is 0 Å². The molecule has 2 N–H and O–H groups in total. The molecule has 1 aliphatic heterocycles. The average Bonchev–Trinajstić information content (AvgIpc) is 2.32. The Morgan fingerprint density at radius 3 is 2.75 bits per heavy atom. The summed E-state index contributed by atoms with van der Waals surface area (Å²) in [7, 11) is 0. The Bertz CT molecular complexity index is 318. The van der Waals surface area contributed by atoms with E-state index in [9.17, 15) is 0 Å². The molecule has 1 fully saturated rings. The van der Waals surface area contributed by atoms with Gasteiger partial charge in [-0.3, -0.25) is 4.90 Å². The molecule has 0 unspecified atom stereocenters. The molecule has 2 rings (SSSR count). The van der Waals surface area contributed by atoms with E-state index in [1.54, 1.807) is 0 Å². The van der Waals surface area contributed by atoms with E-state index in [0.29, 0.717) is 5.92 Å². The normalized spacial score (nSPS) is 22.2. The van der Waals surface area contributed by atoms with E-state index in [1.165, 1.54) is 37.1 Å². The van der Waals surface area contributed by atoms with Crippen molar-refractivity contribution in [3.05, 3.63) is 35.4 Å². The SMILES string of the molecule is Cc1ccc(CN2CCC[C@@H](CN)C2)cc1. The fourth-order valence-corrected chi connectivity index (χ4v) is 2.44. The van der Waals surface area contributed by atoms with E-state index in [0.717, 1.165) is 13.1 Å². The predicted octanol–water partition coefficient (Wildman–Crippen LogP) is 2.17. The molecule has 0 aliphatic carbocycles. The molecule has 1 aromatic rings. The Kier molecular flexibility index (Phi) is 3.97. The van der Waals surface area contributed by atoms with E-state index in [1.807, 2.05) is 0 Å². The van der Waals surface area contributed by atoms with Crippen molar-refractivity contribution in [3.63, 3.8) is 0 Å². The van der Waals surface area contributed by atoms with Crippen molar-refractivity contribution in [2.45, 2.75) is 26.3 Å². The standard InChI is InChI=1S/C14H22N2/c1-12-4-6-13(7-5-12)10-16-8-2-3-14(9-15)11-16/h4-7,14H,2-3,8-11,15H2,1H3/t14-/m0/s1. The molecular formula is C14H22N2. The molecule has 0 saturated carbocycles. The summed E-state index contributed by atoms with van der Waals surface area (Å²) in [6, 6.07) is 8.86. The second kappa shape index (κ2) is 5.46. The largest absolute Gasteiger partial charge is 0.330 e. The summed E-state index contributed by atoms with van der Waals surface area (Å²) in [5.74, 6) is 0.708. The van der Waals surface area contributed by atoms with Gasteiger partial charge in [-0.2, -0.15) is 0 Å². The maximum Gasteiger partial charge on any atom is 0.0233 e. The molecule has 88 valence electrons. The number of nitrogens with two attached hydrogens (primary N) is 1. The highest BCUT2D eigenvalue weighted by Crippen LogP contribution is 2.17. The number of piperidine rings is 1. The van der Waals surface area contributed by atoms with Crippen LogP contribution in [0.15, 0.2) is 24.3 Å². The number of nitrogens with zero attached hydrogens (tertiary/aromatic N) is 1. The summed E-state index contributed by atoms with van der Waals surface area (Å²) >= 11 is 0. The number of rotatable bonds is 3. The van der Waals surface area contributed by atoms with Crippen LogP contribution < -0.4 is 5.73 Å². The first kappa shape index (κ1) is 11.6. The second-order valence-corrected chi connectivity index (χ2v) is 4.96. The first-order valence-corrected chi connectivity index (χ1v) is 6.26. The Hall–Kier alpha value is -0.860. The van der Waals surface area contributed by atoms with Gasteiger partial charge in [-0.1, -0.05) is 29.8 Å². The summed E-state index contributed by atoms with van der Waals surface area (Å²) < 4.78 is 0. The van der Waals surface area contributed by atoms with E-state index in [2.05, 4.69) is 36.1 Å². The second-order valence-electron chi connectivity index (χ2n) is 4.96. The van der Waals surface area contributed by atoms with Crippen LogP contribution in [-0.2, 0) is 6.54 Å². The Morgan fingerprint density at radius 2 is 2.06 bits per heavy atom. The molecule has 16 heavy (non-hydrogen) atoms. The fourth-order valence-electron chi connectivity index (χ4n) is 2.44. The van der Waals surface area contributed by atoms with Crippen LogP contribution in [0.5, 0.6) is 0 Å². The van der Waals surface area contributed by atoms with Crippen LogP contribution in [0.3, 0.4) is 0 Å². The van der Waals surface area contributed by atoms with Gasteiger partial charge in [0.25, 0.3) is 0 Å². The smallest absolute Gasteiger partial charge is 0.0233 e. The van der Waals surface area contributed by atoms with Gasteiger partial charge in [0.05, 0.1) is 0 Å². The van der Waals surface area contributed by atoms with Gasteiger partial charge in [0.15, 0.2) is 0 Å². The van der Waals surface area contributed by atoms with Gasteiger partial charge in [0.2, 0.25) is 0 Å². The van der Waals surface area contributed by atoms with Gasteiger partial charge in [0.1, 0.15) is 0 Å². The number of aryl methyl sites for hydroxylation is 1. The minimum absolute atomic E-state index is 0.708. The maximum absolute atomic E-state index is 5.75. The number of hydrogen-bond donors (Lipinski definition) is 1. The molecule has 1 atom stereocenters. The Labute approximate surface area is 98.4 Å². The van der Waals surface area contributed by atoms with E-state index >= 15 is 0 Å². The van der Waals surface area contributed by atoms with Crippen LogP contribution >= 0.6 is 0 Å². The van der Waals surface area contributed by atoms with Crippen molar-refractivity contribution in [1.82, 2.24) is 4.90 Å². The summed E-state index contributed by atoms with van der Waals surface area (Å²) in [5, 5.41) is 0. The van der Waals surface area contributed by atoms with Crippen LogP contribution in [0.2, 0.25) is 0 Å². The molecule has 2 nitrogen and oxygen atoms in total. The van der Waals surface area contributed by atoms with Crippen LogP contribution in [0.4, 0.5) is 0 Å². The molecule has 0 bridgehead atoms. The lowest BCUT2D eigenvalue weighted by molar-refractivity contribution is 0.171. The number of benzene rings is 1. The van der Waals surface area contributed by atoms with Gasteiger partial charge in [-0.15, -0.1) is 0 Å². The molecule has 1 aliphatic rings. The predicted molar refractivity (Wildman–Crippen MR) is 68.2 cm³/mol. The van der Waals surface area contributed by atoms with Gasteiger partial charge in [-0.25, -0.2) is 0 Å². The molecule has 1 saturated heterocycles. The first-order chi connectivity index (χ1) is 7.78. The van der Waals surface area contributed by atoms with Crippen LogP contribution in [0, 0.1) is 12.8 Å². The van der Waals surface area contributed by atoms with Crippen molar-refractivity contribution < 1.29 is 0 Å². The van der Waals surface area contributed by atoms with Gasteiger partial charge in [0, 0.05) is 13.1 Å². The van der Waals surface area contributed by atoms with E-state index in [-0.39, 0.29) is 0 Å². The first-order valence-electron chi connectivity index (χ1n) is 6.26. The van der Waals surface area contributed by atoms with Gasteiger partial charge >= 0.3 is 0 Å². The van der Waals surface area contributed by atoms with Crippen molar-refractivity contribution >= 4 is 0 Å². The van der Waals surface area contributed by atoms with Gasteiger partial charge < -0.3 is 5.73 Å². The summed E-state index contributed by atoms with van der Waals surface area (Å²) in [5.41, 5.74) is 8.51. The number of likely N-dealkylation sites (tertiary alicyclic amines) is 1. The van der Waals surface area contributed by atoms with Crippen LogP contribution in [-0.4, -0.2) is 24.5 Å². The highest BCUT2D eigenvalue weighted by Gasteiger charge is 2.18. The average molecular weight is 218 g/mol. The summed E-state index contributed by atoms with van der Waals surface area (Å²) in [4.78, 5) is 2.53. The molecule has 2 heteroatoms.